The summed E-state index contributed by atoms with van der Waals surface area (Å²) in [6, 6.07) is 78.8. The monoisotopic (exact) mass is 864 g/mol. The van der Waals surface area contributed by atoms with Gasteiger partial charge in [-0.3, -0.25) is 0 Å². The Morgan fingerprint density at radius 1 is 0.397 bits per heavy atom. The van der Waals surface area contributed by atoms with Crippen LogP contribution in [-0.2, 0) is 10.8 Å². The Labute approximate surface area is 398 Å². The SMILES string of the molecule is Cc1cc(C)c(-c2cc(-c3cccc4c3Nc3ccccc3C43c4ccccc4-c4ccccc43)c3c(c2)N2c4ccccc4C4(c5ccccc5-c5ccccc54)c4cccc(c42)B3)c(C)c1. The van der Waals surface area contributed by atoms with E-state index in [1.165, 1.54) is 139 Å². The molecule has 3 heteroatoms. The number of nitrogens with one attached hydrogen (secondary N) is 1. The lowest BCUT2D eigenvalue weighted by molar-refractivity contribution is 0.754. The number of para-hydroxylation sites is 4. The van der Waals surface area contributed by atoms with Crippen molar-refractivity contribution >= 4 is 46.6 Å². The number of benzene rings is 10. The minimum Gasteiger partial charge on any atom is -0.354 e. The van der Waals surface area contributed by atoms with Gasteiger partial charge in [0.15, 0.2) is 7.28 Å². The molecule has 0 saturated heterocycles. The zero-order valence-electron chi connectivity index (χ0n) is 38.3. The Balaban J connectivity index is 1.05. The number of fused-ring (bicyclic) bond motifs is 20. The Morgan fingerprint density at radius 2 is 0.882 bits per heavy atom. The molecule has 2 nitrogen and oxygen atoms in total. The van der Waals surface area contributed by atoms with Gasteiger partial charge in [0, 0.05) is 22.6 Å². The molecule has 0 aromatic heterocycles. The summed E-state index contributed by atoms with van der Waals surface area (Å²) in [5, 5.41) is 4.14. The van der Waals surface area contributed by atoms with Gasteiger partial charge in [0.1, 0.15) is 0 Å². The third kappa shape index (κ3) is 4.59. The predicted molar refractivity (Wildman–Crippen MR) is 284 cm³/mol. The number of anilines is 5. The fourth-order valence-corrected chi connectivity index (χ4v) is 14.1. The molecule has 318 valence electrons. The van der Waals surface area contributed by atoms with Crippen LogP contribution in [0.3, 0.4) is 0 Å². The van der Waals surface area contributed by atoms with Gasteiger partial charge in [0.05, 0.1) is 22.2 Å². The van der Waals surface area contributed by atoms with Gasteiger partial charge in [-0.1, -0.05) is 193 Å². The summed E-state index contributed by atoms with van der Waals surface area (Å²) in [6.07, 6.45) is 0. The summed E-state index contributed by atoms with van der Waals surface area (Å²) in [5.74, 6) is 0. The minimum atomic E-state index is -0.502. The maximum Gasteiger partial charge on any atom is 0.198 e. The number of hydrogen-bond acceptors (Lipinski definition) is 2. The summed E-state index contributed by atoms with van der Waals surface area (Å²) >= 11 is 0. The Bertz CT molecular complexity index is 3760. The van der Waals surface area contributed by atoms with Gasteiger partial charge in [0.25, 0.3) is 0 Å². The molecule has 10 aromatic rings. The highest BCUT2D eigenvalue weighted by Crippen LogP contribution is 2.65. The van der Waals surface area contributed by atoms with Gasteiger partial charge in [-0.25, -0.2) is 0 Å². The van der Waals surface area contributed by atoms with Crippen molar-refractivity contribution in [2.24, 2.45) is 0 Å². The highest BCUT2D eigenvalue weighted by atomic mass is 15.2. The van der Waals surface area contributed by atoms with Gasteiger partial charge < -0.3 is 10.2 Å². The molecule has 1 N–H and O–H groups in total. The van der Waals surface area contributed by atoms with Gasteiger partial charge in [-0.05, 0) is 145 Å². The first kappa shape index (κ1) is 38.0. The summed E-state index contributed by atoms with van der Waals surface area (Å²) in [7, 11) is 0.801. The first-order chi connectivity index (χ1) is 33.5. The van der Waals surface area contributed by atoms with Gasteiger partial charge in [0.2, 0.25) is 0 Å². The van der Waals surface area contributed by atoms with Crippen molar-refractivity contribution in [2.75, 3.05) is 10.2 Å². The fraction of sp³-hybridized carbons (Fsp3) is 0.0769. The van der Waals surface area contributed by atoms with E-state index in [0.29, 0.717) is 0 Å². The lowest BCUT2D eigenvalue weighted by Gasteiger charge is -2.48. The standard InChI is InChI=1S/C65H45BN2/c1-38-34-39(2)60(40(3)35-38)41-36-47(46-22-16-29-54-62(46)67-57-32-14-12-27-52(57)64(54)48-23-8-4-18-42(48)43-19-5-9-24-49(43)64)61-59(37-41)68-58-33-15-13-28-53(58)65(55-30-17-31-56(66-61)63(55)68)50-25-10-6-20-44(50)45-21-7-11-26-51(45)65/h4-37,66-67H,1-3H3. The van der Waals surface area contributed by atoms with E-state index >= 15 is 0 Å². The van der Waals surface area contributed by atoms with Gasteiger partial charge >= 0.3 is 0 Å². The van der Waals surface area contributed by atoms with Gasteiger partial charge in [-0.2, -0.15) is 0 Å². The largest absolute Gasteiger partial charge is 0.354 e. The molecule has 0 fully saturated rings. The van der Waals surface area contributed by atoms with E-state index in [2.05, 4.69) is 237 Å². The third-order valence-corrected chi connectivity index (χ3v) is 16.4. The van der Waals surface area contributed by atoms with Crippen LogP contribution in [0.2, 0.25) is 0 Å². The summed E-state index contributed by atoms with van der Waals surface area (Å²) in [5.41, 5.74) is 32.6. The average Bonchev–Trinajstić information content (AvgIpc) is 3.83. The zero-order valence-corrected chi connectivity index (χ0v) is 38.3. The minimum absolute atomic E-state index is 0.467. The van der Waals surface area contributed by atoms with Crippen molar-refractivity contribution in [3.8, 4) is 44.5 Å². The fourth-order valence-electron chi connectivity index (χ4n) is 14.1. The van der Waals surface area contributed by atoms with Crippen LogP contribution in [-0.4, -0.2) is 7.28 Å². The molecule has 15 rings (SSSR count). The first-order valence-corrected chi connectivity index (χ1v) is 24.1. The Hall–Kier alpha value is -8.14. The van der Waals surface area contributed by atoms with Crippen molar-refractivity contribution in [2.45, 2.75) is 31.6 Å². The van der Waals surface area contributed by atoms with Crippen molar-refractivity contribution in [3.63, 3.8) is 0 Å². The van der Waals surface area contributed by atoms with E-state index in [0.717, 1.165) is 13.0 Å². The van der Waals surface area contributed by atoms with Crippen LogP contribution in [0.25, 0.3) is 44.5 Å². The molecular formula is C65H45BN2. The van der Waals surface area contributed by atoms with E-state index in [1.807, 2.05) is 0 Å². The Morgan fingerprint density at radius 3 is 1.51 bits per heavy atom. The average molecular weight is 865 g/mol. The van der Waals surface area contributed by atoms with Crippen LogP contribution >= 0.6 is 0 Å². The summed E-state index contributed by atoms with van der Waals surface area (Å²) in [4.78, 5) is 2.66. The summed E-state index contributed by atoms with van der Waals surface area (Å²) in [6.45, 7) is 6.80. The van der Waals surface area contributed by atoms with E-state index in [1.54, 1.807) is 0 Å². The molecule has 3 heterocycles. The van der Waals surface area contributed by atoms with E-state index < -0.39 is 10.8 Å². The molecule has 0 bridgehead atoms. The van der Waals surface area contributed by atoms with E-state index in [9.17, 15) is 0 Å². The highest BCUT2D eigenvalue weighted by molar-refractivity contribution is 6.73. The van der Waals surface area contributed by atoms with Crippen LogP contribution in [0.1, 0.15) is 61.2 Å². The molecule has 0 unspecified atom stereocenters. The number of aryl methyl sites for hydroxylation is 3. The molecule has 10 aromatic carbocycles. The van der Waals surface area contributed by atoms with Crippen LogP contribution in [0.4, 0.5) is 28.4 Å². The lowest BCUT2D eigenvalue weighted by atomic mass is 9.54. The van der Waals surface area contributed by atoms with Crippen molar-refractivity contribution < 1.29 is 0 Å². The van der Waals surface area contributed by atoms with Crippen LogP contribution in [0.15, 0.2) is 206 Å². The molecule has 0 saturated carbocycles. The van der Waals surface area contributed by atoms with Crippen LogP contribution in [0.5, 0.6) is 0 Å². The maximum atomic E-state index is 4.14. The lowest BCUT2D eigenvalue weighted by Crippen LogP contribution is -2.47. The number of hydrogen-bond donors (Lipinski definition) is 1. The molecular weight excluding hydrogens is 820 g/mol. The van der Waals surface area contributed by atoms with Crippen molar-refractivity contribution in [1.82, 2.24) is 0 Å². The molecule has 0 amide bonds. The normalized spacial score (nSPS) is 14.8. The van der Waals surface area contributed by atoms with Crippen molar-refractivity contribution in [1.29, 1.82) is 0 Å². The first-order valence-electron chi connectivity index (χ1n) is 24.1. The quantitative estimate of drug-likeness (QED) is 0.174. The second-order valence-corrected chi connectivity index (χ2v) is 19.7. The Kier molecular flexibility index (Phi) is 7.54. The highest BCUT2D eigenvalue weighted by Gasteiger charge is 2.54. The van der Waals surface area contributed by atoms with Crippen LogP contribution < -0.4 is 21.1 Å². The predicted octanol–water partition coefficient (Wildman–Crippen LogP) is 14.2. The topological polar surface area (TPSA) is 15.3 Å². The van der Waals surface area contributed by atoms with Gasteiger partial charge in [-0.15, -0.1) is 0 Å². The number of nitrogens with zero attached hydrogens (tertiary/aromatic N) is 1. The van der Waals surface area contributed by atoms with E-state index in [4.69, 9.17) is 0 Å². The molecule has 5 aliphatic rings. The maximum absolute atomic E-state index is 4.14. The molecule has 3 aliphatic heterocycles. The molecule has 0 atom stereocenters. The second kappa shape index (κ2) is 13.5. The van der Waals surface area contributed by atoms with Crippen LogP contribution in [0, 0.1) is 20.8 Å². The zero-order chi connectivity index (χ0) is 45.0. The third-order valence-electron chi connectivity index (χ3n) is 16.4. The smallest absolute Gasteiger partial charge is 0.198 e. The molecule has 68 heavy (non-hydrogen) atoms. The summed E-state index contributed by atoms with van der Waals surface area (Å²) < 4.78 is 0. The molecule has 2 spiro atoms. The molecule has 2 aliphatic carbocycles. The second-order valence-electron chi connectivity index (χ2n) is 19.7. The number of rotatable bonds is 2. The van der Waals surface area contributed by atoms with E-state index in [-0.39, 0.29) is 0 Å². The molecule has 0 radical (unpaired) electrons. The van der Waals surface area contributed by atoms with Crippen molar-refractivity contribution in [3.05, 3.63) is 267 Å².